The van der Waals surface area contributed by atoms with Crippen LogP contribution in [-0.4, -0.2) is 12.9 Å². The smallest absolute Gasteiger partial charge is 0.203 e. The Hall–Kier alpha value is -1.56. The number of allylic oxidation sites excluding steroid dienone is 4. The third-order valence-corrected chi connectivity index (χ3v) is 2.85. The van der Waals surface area contributed by atoms with Gasteiger partial charge in [0.05, 0.1) is 19.1 Å². The Kier molecular flexibility index (Phi) is 2.12. The van der Waals surface area contributed by atoms with E-state index in [9.17, 15) is 4.79 Å². The quantitative estimate of drug-likeness (QED) is 0.586. The van der Waals surface area contributed by atoms with Gasteiger partial charge in [0.15, 0.2) is 5.76 Å². The molecule has 0 saturated carbocycles. The molecule has 0 aromatic heterocycles. The standard InChI is InChI=1S/C11H11NO2/c1-14-10-5-7-2-3-8(11(10)13)4-9(7)6-12/h2-3,5,7-9H,4H2,1H3. The first-order valence-electron chi connectivity index (χ1n) is 4.64. The highest BCUT2D eigenvalue weighted by Crippen LogP contribution is 2.35. The van der Waals surface area contributed by atoms with Gasteiger partial charge in [-0.15, -0.1) is 0 Å². The van der Waals surface area contributed by atoms with Crippen molar-refractivity contribution in [3.63, 3.8) is 0 Å². The first-order valence-corrected chi connectivity index (χ1v) is 4.64. The van der Waals surface area contributed by atoms with Crippen molar-refractivity contribution in [2.45, 2.75) is 6.42 Å². The molecule has 3 aliphatic carbocycles. The van der Waals surface area contributed by atoms with Gasteiger partial charge < -0.3 is 4.74 Å². The molecule has 3 nitrogen and oxygen atoms in total. The predicted octanol–water partition coefficient (Wildman–Crippen LogP) is 1.43. The number of Topliss-reactive ketones (excluding diaryl/α,β-unsaturated/α-hetero) is 1. The molecule has 0 spiro atoms. The Morgan fingerprint density at radius 2 is 2.36 bits per heavy atom. The van der Waals surface area contributed by atoms with Crippen LogP contribution in [0.3, 0.4) is 0 Å². The molecule has 0 aliphatic heterocycles. The van der Waals surface area contributed by atoms with Crippen LogP contribution in [0.2, 0.25) is 0 Å². The fourth-order valence-electron chi connectivity index (χ4n) is 2.02. The lowest BCUT2D eigenvalue weighted by atomic mass is 9.81. The largest absolute Gasteiger partial charge is 0.493 e. The van der Waals surface area contributed by atoms with Crippen molar-refractivity contribution in [2.75, 3.05) is 7.11 Å². The molecule has 0 amide bonds. The Morgan fingerprint density at radius 3 is 3.00 bits per heavy atom. The molecule has 0 aromatic carbocycles. The summed E-state index contributed by atoms with van der Waals surface area (Å²) in [4.78, 5) is 11.7. The zero-order valence-electron chi connectivity index (χ0n) is 7.93. The molecule has 0 radical (unpaired) electrons. The van der Waals surface area contributed by atoms with E-state index in [1.165, 1.54) is 7.11 Å². The first-order chi connectivity index (χ1) is 6.76. The molecule has 3 heteroatoms. The fourth-order valence-corrected chi connectivity index (χ4v) is 2.02. The summed E-state index contributed by atoms with van der Waals surface area (Å²) in [5, 5.41) is 8.92. The number of hydrogen-bond donors (Lipinski definition) is 0. The lowest BCUT2D eigenvalue weighted by Crippen LogP contribution is -2.20. The number of methoxy groups -OCH3 is 1. The number of carbonyl (C=O) groups excluding carboxylic acids is 1. The minimum atomic E-state index is -0.162. The lowest BCUT2D eigenvalue weighted by Gasteiger charge is -2.19. The van der Waals surface area contributed by atoms with Crippen LogP contribution in [-0.2, 0) is 9.53 Å². The lowest BCUT2D eigenvalue weighted by molar-refractivity contribution is -0.121. The summed E-state index contributed by atoms with van der Waals surface area (Å²) in [7, 11) is 1.50. The maximum absolute atomic E-state index is 11.7. The molecule has 3 aliphatic rings. The number of hydrogen-bond acceptors (Lipinski definition) is 3. The number of carbonyl (C=O) groups is 1. The van der Waals surface area contributed by atoms with E-state index in [1.54, 1.807) is 6.08 Å². The second-order valence-electron chi connectivity index (χ2n) is 3.64. The van der Waals surface area contributed by atoms with E-state index in [0.717, 1.165) is 0 Å². The monoisotopic (exact) mass is 189 g/mol. The number of ether oxygens (including phenoxy) is 1. The second kappa shape index (κ2) is 3.30. The van der Waals surface area contributed by atoms with Gasteiger partial charge in [-0.05, 0) is 12.5 Å². The molecule has 0 N–H and O–H groups in total. The van der Waals surface area contributed by atoms with Crippen LogP contribution in [0.4, 0.5) is 0 Å². The predicted molar refractivity (Wildman–Crippen MR) is 49.9 cm³/mol. The van der Waals surface area contributed by atoms with Crippen LogP contribution >= 0.6 is 0 Å². The summed E-state index contributed by atoms with van der Waals surface area (Å²) in [6.45, 7) is 0. The van der Waals surface area contributed by atoms with Gasteiger partial charge in [0.2, 0.25) is 5.78 Å². The van der Waals surface area contributed by atoms with Crippen molar-refractivity contribution in [1.82, 2.24) is 0 Å². The molecule has 0 saturated heterocycles. The van der Waals surface area contributed by atoms with E-state index in [-0.39, 0.29) is 23.5 Å². The highest BCUT2D eigenvalue weighted by atomic mass is 16.5. The van der Waals surface area contributed by atoms with E-state index < -0.39 is 0 Å². The van der Waals surface area contributed by atoms with Crippen molar-refractivity contribution in [1.29, 1.82) is 5.26 Å². The van der Waals surface area contributed by atoms with Crippen molar-refractivity contribution in [2.24, 2.45) is 17.8 Å². The summed E-state index contributed by atoms with van der Waals surface area (Å²) in [6, 6.07) is 2.24. The topological polar surface area (TPSA) is 50.1 Å². The fraction of sp³-hybridized carbons (Fsp3) is 0.455. The SMILES string of the molecule is COC1=CC2C=CC(CC2C#N)C1=O. The molecule has 14 heavy (non-hydrogen) atoms. The Labute approximate surface area is 82.7 Å². The van der Waals surface area contributed by atoms with E-state index in [1.807, 2.05) is 12.2 Å². The summed E-state index contributed by atoms with van der Waals surface area (Å²) in [6.07, 6.45) is 6.22. The second-order valence-corrected chi connectivity index (χ2v) is 3.64. The van der Waals surface area contributed by atoms with E-state index >= 15 is 0 Å². The normalized spacial score (nSPS) is 34.7. The maximum atomic E-state index is 11.7. The number of rotatable bonds is 1. The third-order valence-electron chi connectivity index (χ3n) is 2.85. The summed E-state index contributed by atoms with van der Waals surface area (Å²) in [5.74, 6) is 0.204. The van der Waals surface area contributed by atoms with Crippen LogP contribution in [0.25, 0.3) is 0 Å². The molecule has 3 unspecified atom stereocenters. The molecule has 72 valence electrons. The van der Waals surface area contributed by atoms with E-state index in [0.29, 0.717) is 12.2 Å². The first kappa shape index (κ1) is 9.01. The Morgan fingerprint density at radius 1 is 1.57 bits per heavy atom. The van der Waals surface area contributed by atoms with Crippen LogP contribution < -0.4 is 0 Å². The van der Waals surface area contributed by atoms with Gasteiger partial charge in [-0.3, -0.25) is 4.79 Å². The number of fused-ring (bicyclic) bond motifs is 2. The van der Waals surface area contributed by atoms with E-state index in [4.69, 9.17) is 10.00 Å². The van der Waals surface area contributed by atoms with Crippen LogP contribution in [0.1, 0.15) is 6.42 Å². The van der Waals surface area contributed by atoms with Gasteiger partial charge in [0.25, 0.3) is 0 Å². The van der Waals surface area contributed by atoms with Gasteiger partial charge in [0, 0.05) is 11.8 Å². The molecular weight excluding hydrogens is 178 g/mol. The van der Waals surface area contributed by atoms with Crippen LogP contribution in [0.5, 0.6) is 0 Å². The average molecular weight is 189 g/mol. The molecule has 0 aromatic rings. The maximum Gasteiger partial charge on any atom is 0.203 e. The molecule has 0 fully saturated rings. The van der Waals surface area contributed by atoms with E-state index in [2.05, 4.69) is 6.07 Å². The zero-order chi connectivity index (χ0) is 10.1. The summed E-state index contributed by atoms with van der Waals surface area (Å²) >= 11 is 0. The van der Waals surface area contributed by atoms with Gasteiger partial charge in [-0.1, -0.05) is 12.2 Å². The summed E-state index contributed by atoms with van der Waals surface area (Å²) in [5.41, 5.74) is 0. The van der Waals surface area contributed by atoms with Gasteiger partial charge in [-0.2, -0.15) is 5.26 Å². The van der Waals surface area contributed by atoms with Gasteiger partial charge in [-0.25, -0.2) is 0 Å². The molecule has 0 heterocycles. The molecule has 3 atom stereocenters. The van der Waals surface area contributed by atoms with Crippen molar-refractivity contribution >= 4 is 5.78 Å². The van der Waals surface area contributed by atoms with Crippen molar-refractivity contribution < 1.29 is 9.53 Å². The minimum absolute atomic E-state index is 0.00370. The highest BCUT2D eigenvalue weighted by molar-refractivity contribution is 5.97. The number of nitrogens with zero attached hydrogens (tertiary/aromatic N) is 1. The Balaban J connectivity index is 2.40. The molecule has 2 bridgehead atoms. The van der Waals surface area contributed by atoms with Crippen molar-refractivity contribution in [3.8, 4) is 6.07 Å². The molecular formula is C11H11NO2. The zero-order valence-corrected chi connectivity index (χ0v) is 7.93. The number of nitriles is 1. The summed E-state index contributed by atoms with van der Waals surface area (Å²) < 4.78 is 5.02. The van der Waals surface area contributed by atoms with Gasteiger partial charge >= 0.3 is 0 Å². The molecule has 3 rings (SSSR count). The minimum Gasteiger partial charge on any atom is -0.493 e. The van der Waals surface area contributed by atoms with Crippen LogP contribution in [0, 0.1) is 29.1 Å². The highest BCUT2D eigenvalue weighted by Gasteiger charge is 2.35. The Bertz CT molecular complexity index is 362. The van der Waals surface area contributed by atoms with Gasteiger partial charge in [0.1, 0.15) is 0 Å². The average Bonchev–Trinajstić information content (AvgIpc) is 2.46. The third kappa shape index (κ3) is 1.24. The van der Waals surface area contributed by atoms with Crippen LogP contribution in [0.15, 0.2) is 24.0 Å². The number of ketones is 1. The van der Waals surface area contributed by atoms with Crippen molar-refractivity contribution in [3.05, 3.63) is 24.0 Å².